The van der Waals surface area contributed by atoms with Gasteiger partial charge in [0.05, 0.1) is 18.9 Å². The minimum Gasteiger partial charge on any atom is -0.485 e. The van der Waals surface area contributed by atoms with Crippen molar-refractivity contribution in [1.82, 2.24) is 14.7 Å². The number of amides is 1. The maximum Gasteiger partial charge on any atom is 0.271 e. The Balaban J connectivity index is 1.65. The van der Waals surface area contributed by atoms with Crippen molar-refractivity contribution >= 4 is 11.6 Å². The van der Waals surface area contributed by atoms with Crippen molar-refractivity contribution in [2.24, 2.45) is 0 Å². The number of carbonyl (C=O) groups excluding carboxylic acids is 1. The van der Waals surface area contributed by atoms with Gasteiger partial charge >= 0.3 is 0 Å². The van der Waals surface area contributed by atoms with E-state index in [2.05, 4.69) is 10.3 Å². The molecule has 0 atom stereocenters. The number of fused-ring (bicyclic) bond motifs is 1. The van der Waals surface area contributed by atoms with Crippen LogP contribution in [0.25, 0.3) is 5.65 Å². The van der Waals surface area contributed by atoms with Crippen molar-refractivity contribution < 1.29 is 32.9 Å². The van der Waals surface area contributed by atoms with Gasteiger partial charge in [0.15, 0.2) is 23.0 Å². The molecule has 2 aromatic carbocycles. The van der Waals surface area contributed by atoms with E-state index >= 15 is 0 Å². The standard InChI is InChI=1S/C25H22F3N3O4/c1-15-22(24(34)30-25(13-32,14-33)17-7-9-18(26)10-8-17)31-11-3-6-20(23(31)29-15)35-12-16-4-2-5-19(27)21(16)28/h2-11,32-33H,12-14H2,1H3,(H,30,34). The Hall–Kier alpha value is -3.89. The minimum absolute atomic E-state index is 0.0169. The molecule has 1 amide bonds. The van der Waals surface area contributed by atoms with E-state index in [0.29, 0.717) is 11.3 Å². The number of carbonyl (C=O) groups is 1. The topological polar surface area (TPSA) is 96.1 Å². The number of ether oxygens (including phenoxy) is 1. The fraction of sp³-hybridized carbons (Fsp3) is 0.200. The van der Waals surface area contributed by atoms with Crippen molar-refractivity contribution in [2.45, 2.75) is 19.1 Å². The number of aromatic nitrogens is 2. The Kier molecular flexibility index (Phi) is 6.77. The van der Waals surface area contributed by atoms with Crippen molar-refractivity contribution in [3.8, 4) is 5.75 Å². The number of halogens is 3. The zero-order valence-corrected chi connectivity index (χ0v) is 18.6. The molecule has 182 valence electrons. The Morgan fingerprint density at radius 2 is 1.77 bits per heavy atom. The molecule has 0 radical (unpaired) electrons. The van der Waals surface area contributed by atoms with Crippen LogP contribution >= 0.6 is 0 Å². The van der Waals surface area contributed by atoms with E-state index in [-0.39, 0.29) is 29.3 Å². The molecule has 2 aromatic heterocycles. The van der Waals surface area contributed by atoms with Crippen LogP contribution in [0.5, 0.6) is 5.75 Å². The van der Waals surface area contributed by atoms with Crippen LogP contribution in [0.4, 0.5) is 13.2 Å². The van der Waals surface area contributed by atoms with Gasteiger partial charge in [-0.3, -0.25) is 9.20 Å². The van der Waals surface area contributed by atoms with Crippen LogP contribution in [0, 0.1) is 24.4 Å². The molecule has 0 spiro atoms. The molecule has 0 saturated heterocycles. The zero-order chi connectivity index (χ0) is 25.2. The Labute approximate surface area is 198 Å². The van der Waals surface area contributed by atoms with Gasteiger partial charge in [0.1, 0.15) is 23.7 Å². The summed E-state index contributed by atoms with van der Waals surface area (Å²) in [5.74, 6) is -2.93. The average Bonchev–Trinajstić information content (AvgIpc) is 3.20. The maximum absolute atomic E-state index is 14.0. The molecule has 2 heterocycles. The zero-order valence-electron chi connectivity index (χ0n) is 18.6. The molecular formula is C25H22F3N3O4. The molecule has 7 nitrogen and oxygen atoms in total. The van der Waals surface area contributed by atoms with E-state index < -0.39 is 42.1 Å². The smallest absolute Gasteiger partial charge is 0.271 e. The van der Waals surface area contributed by atoms with E-state index in [0.717, 1.165) is 18.2 Å². The van der Waals surface area contributed by atoms with Gasteiger partial charge in [0.25, 0.3) is 5.91 Å². The lowest BCUT2D eigenvalue weighted by molar-refractivity contribution is 0.0652. The van der Waals surface area contributed by atoms with Crippen LogP contribution in [0.3, 0.4) is 0 Å². The molecule has 0 fully saturated rings. The number of hydrogen-bond acceptors (Lipinski definition) is 5. The fourth-order valence-corrected chi connectivity index (χ4v) is 3.79. The van der Waals surface area contributed by atoms with Crippen LogP contribution in [0.1, 0.15) is 27.3 Å². The maximum atomic E-state index is 14.0. The third-order valence-corrected chi connectivity index (χ3v) is 5.71. The summed E-state index contributed by atoms with van der Waals surface area (Å²) in [6, 6.07) is 12.0. The quantitative estimate of drug-likeness (QED) is 0.356. The van der Waals surface area contributed by atoms with Gasteiger partial charge in [-0.15, -0.1) is 0 Å². The number of aliphatic hydroxyl groups excluding tert-OH is 2. The monoisotopic (exact) mass is 485 g/mol. The number of aryl methyl sites for hydroxylation is 1. The number of pyridine rings is 1. The van der Waals surface area contributed by atoms with Gasteiger partial charge in [0, 0.05) is 11.8 Å². The van der Waals surface area contributed by atoms with E-state index in [1.165, 1.54) is 28.7 Å². The molecule has 0 aliphatic rings. The largest absolute Gasteiger partial charge is 0.485 e. The molecule has 4 aromatic rings. The first-order valence-corrected chi connectivity index (χ1v) is 10.6. The Bertz CT molecular complexity index is 1370. The van der Waals surface area contributed by atoms with Gasteiger partial charge in [-0.25, -0.2) is 18.2 Å². The molecule has 0 aliphatic carbocycles. The van der Waals surface area contributed by atoms with E-state index in [9.17, 15) is 28.2 Å². The highest BCUT2D eigenvalue weighted by molar-refractivity contribution is 5.95. The molecule has 0 saturated carbocycles. The molecule has 4 rings (SSSR count). The highest BCUT2D eigenvalue weighted by Gasteiger charge is 2.34. The summed E-state index contributed by atoms with van der Waals surface area (Å²) in [4.78, 5) is 17.7. The molecule has 3 N–H and O–H groups in total. The Morgan fingerprint density at radius 3 is 2.46 bits per heavy atom. The lowest BCUT2D eigenvalue weighted by Crippen LogP contribution is -2.51. The summed E-state index contributed by atoms with van der Waals surface area (Å²) >= 11 is 0. The highest BCUT2D eigenvalue weighted by Crippen LogP contribution is 2.26. The van der Waals surface area contributed by atoms with Gasteiger partial charge < -0.3 is 20.3 Å². The summed E-state index contributed by atoms with van der Waals surface area (Å²) in [7, 11) is 0. The normalized spacial score (nSPS) is 11.6. The predicted octanol–water partition coefficient (Wildman–Crippen LogP) is 3.25. The third kappa shape index (κ3) is 4.58. The average molecular weight is 485 g/mol. The first kappa shape index (κ1) is 24.2. The van der Waals surface area contributed by atoms with Crippen molar-refractivity contribution in [2.75, 3.05) is 13.2 Å². The number of imidazole rings is 1. The second kappa shape index (κ2) is 9.77. The highest BCUT2D eigenvalue weighted by atomic mass is 19.2. The molecule has 0 aliphatic heterocycles. The second-order valence-electron chi connectivity index (χ2n) is 7.97. The predicted molar refractivity (Wildman–Crippen MR) is 120 cm³/mol. The van der Waals surface area contributed by atoms with Crippen LogP contribution < -0.4 is 10.1 Å². The van der Waals surface area contributed by atoms with Crippen LogP contribution in [-0.2, 0) is 12.1 Å². The summed E-state index contributed by atoms with van der Waals surface area (Å²) in [6.07, 6.45) is 1.57. The SMILES string of the molecule is Cc1nc2c(OCc3cccc(F)c3F)cccn2c1C(=O)NC(CO)(CO)c1ccc(F)cc1. The molecule has 0 bridgehead atoms. The van der Waals surface area contributed by atoms with E-state index in [4.69, 9.17) is 4.74 Å². The third-order valence-electron chi connectivity index (χ3n) is 5.71. The van der Waals surface area contributed by atoms with Crippen molar-refractivity contribution in [3.63, 3.8) is 0 Å². The van der Waals surface area contributed by atoms with Crippen LogP contribution in [-0.4, -0.2) is 38.7 Å². The van der Waals surface area contributed by atoms with Crippen molar-refractivity contribution in [3.05, 3.63) is 101 Å². The van der Waals surface area contributed by atoms with Gasteiger partial charge in [-0.2, -0.15) is 0 Å². The van der Waals surface area contributed by atoms with E-state index in [1.54, 1.807) is 25.3 Å². The number of aliphatic hydroxyl groups is 2. The Morgan fingerprint density at radius 1 is 1.06 bits per heavy atom. The summed E-state index contributed by atoms with van der Waals surface area (Å²) in [5.41, 5.74) is -0.569. The van der Waals surface area contributed by atoms with Gasteiger partial charge in [-0.1, -0.05) is 24.3 Å². The minimum atomic E-state index is -1.58. The number of hydrogen-bond donors (Lipinski definition) is 3. The number of nitrogens with one attached hydrogen (secondary N) is 1. The van der Waals surface area contributed by atoms with Crippen LogP contribution in [0.15, 0.2) is 60.8 Å². The first-order valence-electron chi connectivity index (χ1n) is 10.6. The van der Waals surface area contributed by atoms with Crippen molar-refractivity contribution in [1.29, 1.82) is 0 Å². The lowest BCUT2D eigenvalue weighted by Gasteiger charge is -2.31. The molecule has 10 heteroatoms. The van der Waals surface area contributed by atoms with Gasteiger partial charge in [0.2, 0.25) is 0 Å². The first-order chi connectivity index (χ1) is 16.8. The van der Waals surface area contributed by atoms with Crippen LogP contribution in [0.2, 0.25) is 0 Å². The van der Waals surface area contributed by atoms with E-state index in [1.807, 2.05) is 0 Å². The molecule has 35 heavy (non-hydrogen) atoms. The number of nitrogens with zero attached hydrogens (tertiary/aromatic N) is 2. The second-order valence-corrected chi connectivity index (χ2v) is 7.97. The fourth-order valence-electron chi connectivity index (χ4n) is 3.79. The number of benzene rings is 2. The lowest BCUT2D eigenvalue weighted by atomic mass is 9.91. The summed E-state index contributed by atoms with van der Waals surface area (Å²) < 4.78 is 48.0. The molecule has 0 unspecified atom stereocenters. The summed E-state index contributed by atoms with van der Waals surface area (Å²) in [6.45, 7) is 0.0310. The van der Waals surface area contributed by atoms with Gasteiger partial charge in [-0.05, 0) is 42.8 Å². The molecular weight excluding hydrogens is 463 g/mol. The summed E-state index contributed by atoms with van der Waals surface area (Å²) in [5, 5.41) is 22.7. The number of rotatable bonds is 8.